The Bertz CT molecular complexity index is 992. The zero-order valence-electron chi connectivity index (χ0n) is 17.3. The van der Waals surface area contributed by atoms with E-state index in [2.05, 4.69) is 41.4 Å². The predicted octanol–water partition coefficient (Wildman–Crippen LogP) is 4.61. The number of nitrogens with one attached hydrogen (secondary N) is 1. The number of aryl methyl sites for hydroxylation is 1. The molecule has 0 aliphatic rings. The molecule has 7 nitrogen and oxygen atoms in total. The zero-order chi connectivity index (χ0) is 21.5. The van der Waals surface area contributed by atoms with E-state index in [0.29, 0.717) is 41.9 Å². The Kier molecular flexibility index (Phi) is 6.95. The highest BCUT2D eigenvalue weighted by molar-refractivity contribution is 5.93. The fourth-order valence-electron chi connectivity index (χ4n) is 2.84. The Morgan fingerprint density at radius 1 is 1.07 bits per heavy atom. The number of anilines is 1. The van der Waals surface area contributed by atoms with Gasteiger partial charge in [0.15, 0.2) is 0 Å². The number of ether oxygens (including phenoxy) is 1. The Morgan fingerprint density at radius 3 is 2.40 bits per heavy atom. The maximum atomic E-state index is 12.2. The summed E-state index contributed by atoms with van der Waals surface area (Å²) >= 11 is 0. The van der Waals surface area contributed by atoms with E-state index < -0.39 is 0 Å². The van der Waals surface area contributed by atoms with Crippen LogP contribution in [0, 0.1) is 0 Å². The SMILES string of the molecule is CCOC(=O)c1ccc(NC(=O)CCc2nc(-c3ccc(C(C)C)cc3)no2)cc1. The van der Waals surface area contributed by atoms with E-state index in [1.807, 2.05) is 12.1 Å². The molecule has 7 heteroatoms. The summed E-state index contributed by atoms with van der Waals surface area (Å²) in [6, 6.07) is 14.6. The van der Waals surface area contributed by atoms with Gasteiger partial charge in [0.25, 0.3) is 0 Å². The Labute approximate surface area is 175 Å². The van der Waals surface area contributed by atoms with Gasteiger partial charge in [-0.15, -0.1) is 0 Å². The van der Waals surface area contributed by atoms with E-state index in [1.54, 1.807) is 31.2 Å². The minimum atomic E-state index is -0.388. The van der Waals surface area contributed by atoms with E-state index in [9.17, 15) is 9.59 Å². The summed E-state index contributed by atoms with van der Waals surface area (Å²) < 4.78 is 10.2. The van der Waals surface area contributed by atoms with E-state index in [1.165, 1.54) is 5.56 Å². The van der Waals surface area contributed by atoms with Gasteiger partial charge in [0.2, 0.25) is 17.6 Å². The highest BCUT2D eigenvalue weighted by Crippen LogP contribution is 2.21. The Hall–Kier alpha value is -3.48. The highest BCUT2D eigenvalue weighted by atomic mass is 16.5. The van der Waals surface area contributed by atoms with E-state index in [-0.39, 0.29) is 18.3 Å². The van der Waals surface area contributed by atoms with E-state index in [4.69, 9.17) is 9.26 Å². The molecule has 156 valence electrons. The number of aromatic nitrogens is 2. The minimum Gasteiger partial charge on any atom is -0.462 e. The van der Waals surface area contributed by atoms with Gasteiger partial charge in [-0.05, 0) is 42.7 Å². The third-order valence-electron chi connectivity index (χ3n) is 4.55. The summed E-state index contributed by atoms with van der Waals surface area (Å²) in [5.74, 6) is 0.808. The number of amides is 1. The van der Waals surface area contributed by atoms with Gasteiger partial charge >= 0.3 is 5.97 Å². The molecule has 0 aliphatic heterocycles. The van der Waals surface area contributed by atoms with Crippen LogP contribution in [0.25, 0.3) is 11.4 Å². The number of nitrogens with zero attached hydrogens (tertiary/aromatic N) is 2. The summed E-state index contributed by atoms with van der Waals surface area (Å²) in [5, 5.41) is 6.79. The molecule has 1 heterocycles. The van der Waals surface area contributed by atoms with Crippen LogP contribution in [0.4, 0.5) is 5.69 Å². The van der Waals surface area contributed by atoms with Crippen molar-refractivity contribution in [1.82, 2.24) is 10.1 Å². The van der Waals surface area contributed by atoms with E-state index in [0.717, 1.165) is 5.56 Å². The van der Waals surface area contributed by atoms with Gasteiger partial charge in [0, 0.05) is 24.1 Å². The normalized spacial score (nSPS) is 10.8. The minimum absolute atomic E-state index is 0.181. The molecule has 0 saturated carbocycles. The van der Waals surface area contributed by atoms with Crippen molar-refractivity contribution in [2.45, 2.75) is 39.5 Å². The molecule has 1 N–H and O–H groups in total. The first-order valence-electron chi connectivity index (χ1n) is 9.96. The molecule has 1 amide bonds. The summed E-state index contributed by atoms with van der Waals surface area (Å²) in [7, 11) is 0. The van der Waals surface area contributed by atoms with Crippen molar-refractivity contribution < 1.29 is 18.8 Å². The molecule has 0 fully saturated rings. The van der Waals surface area contributed by atoms with Crippen LogP contribution < -0.4 is 5.32 Å². The van der Waals surface area contributed by atoms with Gasteiger partial charge in [-0.25, -0.2) is 4.79 Å². The number of hydrogen-bond acceptors (Lipinski definition) is 6. The summed E-state index contributed by atoms with van der Waals surface area (Å²) in [6.07, 6.45) is 0.539. The molecule has 30 heavy (non-hydrogen) atoms. The highest BCUT2D eigenvalue weighted by Gasteiger charge is 2.12. The number of benzene rings is 2. The smallest absolute Gasteiger partial charge is 0.338 e. The van der Waals surface area contributed by atoms with Crippen LogP contribution in [-0.2, 0) is 16.0 Å². The monoisotopic (exact) mass is 407 g/mol. The standard InChI is InChI=1S/C23H25N3O4/c1-4-29-23(28)18-9-11-19(12-10-18)24-20(27)13-14-21-25-22(26-30-21)17-7-5-16(6-8-17)15(2)3/h5-12,15H,4,13-14H2,1-3H3,(H,24,27). The lowest BCUT2D eigenvalue weighted by molar-refractivity contribution is -0.116. The van der Waals surface area contributed by atoms with Crippen LogP contribution in [0.15, 0.2) is 53.1 Å². The molecule has 2 aromatic carbocycles. The first-order valence-corrected chi connectivity index (χ1v) is 9.96. The first-order chi connectivity index (χ1) is 14.5. The number of esters is 1. The lowest BCUT2D eigenvalue weighted by atomic mass is 10.0. The third-order valence-corrected chi connectivity index (χ3v) is 4.55. The molecule has 0 unspecified atom stereocenters. The molecule has 0 aliphatic carbocycles. The number of rotatable bonds is 8. The van der Waals surface area contributed by atoms with Crippen LogP contribution in [0.2, 0.25) is 0 Å². The lowest BCUT2D eigenvalue weighted by Crippen LogP contribution is -2.12. The van der Waals surface area contributed by atoms with Crippen molar-refractivity contribution in [3.8, 4) is 11.4 Å². The van der Waals surface area contributed by atoms with Crippen molar-refractivity contribution in [3.05, 3.63) is 65.5 Å². The maximum absolute atomic E-state index is 12.2. The van der Waals surface area contributed by atoms with Crippen molar-refractivity contribution in [2.24, 2.45) is 0 Å². The summed E-state index contributed by atoms with van der Waals surface area (Å²) in [4.78, 5) is 28.2. The molecule has 1 aromatic heterocycles. The van der Waals surface area contributed by atoms with Crippen LogP contribution in [0.1, 0.15) is 54.9 Å². The van der Waals surface area contributed by atoms with Crippen molar-refractivity contribution in [3.63, 3.8) is 0 Å². The van der Waals surface area contributed by atoms with Gasteiger partial charge in [0.1, 0.15) is 0 Å². The second-order valence-corrected chi connectivity index (χ2v) is 7.13. The van der Waals surface area contributed by atoms with Crippen LogP contribution in [-0.4, -0.2) is 28.6 Å². The molecule has 3 aromatic rings. The molecule has 0 saturated heterocycles. The van der Waals surface area contributed by atoms with Crippen LogP contribution in [0.3, 0.4) is 0 Å². The molecule has 0 radical (unpaired) electrons. The Balaban J connectivity index is 1.52. The average molecular weight is 407 g/mol. The fraction of sp³-hybridized carbons (Fsp3) is 0.304. The first kappa shape index (κ1) is 21.2. The molecule has 0 spiro atoms. The van der Waals surface area contributed by atoms with Gasteiger partial charge < -0.3 is 14.6 Å². The fourth-order valence-corrected chi connectivity index (χ4v) is 2.84. The summed E-state index contributed by atoms with van der Waals surface area (Å²) in [5.41, 5.74) is 3.16. The third kappa shape index (κ3) is 5.53. The van der Waals surface area contributed by atoms with E-state index >= 15 is 0 Å². The summed E-state index contributed by atoms with van der Waals surface area (Å²) in [6.45, 7) is 6.35. The molecular formula is C23H25N3O4. The largest absolute Gasteiger partial charge is 0.462 e. The number of carbonyl (C=O) groups is 2. The quantitative estimate of drug-likeness (QED) is 0.548. The van der Waals surface area contributed by atoms with Gasteiger partial charge in [0.05, 0.1) is 12.2 Å². The zero-order valence-corrected chi connectivity index (χ0v) is 17.3. The molecule has 3 rings (SSSR count). The predicted molar refractivity (Wildman–Crippen MR) is 113 cm³/mol. The van der Waals surface area contributed by atoms with Crippen molar-refractivity contribution in [2.75, 3.05) is 11.9 Å². The molecule has 0 atom stereocenters. The second-order valence-electron chi connectivity index (χ2n) is 7.13. The molecule has 0 bridgehead atoms. The van der Waals surface area contributed by atoms with Crippen molar-refractivity contribution in [1.29, 1.82) is 0 Å². The van der Waals surface area contributed by atoms with Gasteiger partial charge in [-0.3, -0.25) is 4.79 Å². The lowest BCUT2D eigenvalue weighted by Gasteiger charge is -2.06. The van der Waals surface area contributed by atoms with Gasteiger partial charge in [-0.2, -0.15) is 4.98 Å². The number of carbonyl (C=O) groups excluding carboxylic acids is 2. The average Bonchev–Trinajstić information content (AvgIpc) is 3.22. The Morgan fingerprint density at radius 2 is 1.77 bits per heavy atom. The maximum Gasteiger partial charge on any atom is 0.338 e. The molecular weight excluding hydrogens is 382 g/mol. The van der Waals surface area contributed by atoms with Crippen LogP contribution in [0.5, 0.6) is 0 Å². The topological polar surface area (TPSA) is 94.3 Å². The van der Waals surface area contributed by atoms with Crippen LogP contribution >= 0.6 is 0 Å². The second kappa shape index (κ2) is 9.82. The van der Waals surface area contributed by atoms with Gasteiger partial charge in [-0.1, -0.05) is 43.3 Å². The van der Waals surface area contributed by atoms with Crippen molar-refractivity contribution >= 4 is 17.6 Å². The number of hydrogen-bond donors (Lipinski definition) is 1.